The van der Waals surface area contributed by atoms with E-state index in [4.69, 9.17) is 11.6 Å². The molecule has 0 amide bonds. The molecule has 21 heavy (non-hydrogen) atoms. The molecule has 106 valence electrons. The third-order valence-corrected chi connectivity index (χ3v) is 3.04. The number of benzene rings is 2. The van der Waals surface area contributed by atoms with Crippen molar-refractivity contribution in [3.8, 4) is 0 Å². The Balaban J connectivity index is 2.27. The van der Waals surface area contributed by atoms with E-state index < -0.39 is 16.5 Å². The van der Waals surface area contributed by atoms with Crippen molar-refractivity contribution in [2.75, 3.05) is 0 Å². The van der Waals surface area contributed by atoms with E-state index in [0.29, 0.717) is 5.56 Å². The van der Waals surface area contributed by atoms with E-state index in [1.807, 2.05) is 0 Å². The van der Waals surface area contributed by atoms with Crippen LogP contribution in [0.15, 0.2) is 48.5 Å². The smallest absolute Gasteiger partial charge is 0.276 e. The summed E-state index contributed by atoms with van der Waals surface area (Å²) < 4.78 is 13.0. The lowest BCUT2D eigenvalue weighted by molar-refractivity contribution is -0.385. The lowest BCUT2D eigenvalue weighted by Gasteiger charge is -1.99. The summed E-state index contributed by atoms with van der Waals surface area (Å²) in [6, 6.07) is 9.64. The second kappa shape index (κ2) is 6.28. The number of nitro benzene ring substituents is 1. The molecule has 0 saturated heterocycles. The maximum absolute atomic E-state index is 13.0. The van der Waals surface area contributed by atoms with Gasteiger partial charge in [-0.25, -0.2) is 4.39 Å². The van der Waals surface area contributed by atoms with Gasteiger partial charge in [-0.2, -0.15) is 0 Å². The number of carbonyl (C=O) groups is 1. The lowest BCUT2D eigenvalue weighted by Crippen LogP contribution is -1.95. The van der Waals surface area contributed by atoms with Gasteiger partial charge >= 0.3 is 0 Å². The number of allylic oxidation sites excluding steroid dienone is 1. The first kappa shape index (κ1) is 14.9. The molecule has 0 aliphatic carbocycles. The van der Waals surface area contributed by atoms with Gasteiger partial charge < -0.3 is 0 Å². The highest BCUT2D eigenvalue weighted by molar-refractivity contribution is 6.31. The van der Waals surface area contributed by atoms with Gasteiger partial charge in [0.15, 0.2) is 5.78 Å². The number of hydrogen-bond acceptors (Lipinski definition) is 3. The third-order valence-electron chi connectivity index (χ3n) is 2.75. The molecule has 0 saturated carbocycles. The van der Waals surface area contributed by atoms with Crippen LogP contribution < -0.4 is 0 Å². The Kier molecular flexibility index (Phi) is 4.45. The number of para-hydroxylation sites is 1. The topological polar surface area (TPSA) is 60.2 Å². The fourth-order valence-electron chi connectivity index (χ4n) is 1.71. The molecule has 0 N–H and O–H groups in total. The van der Waals surface area contributed by atoms with Crippen LogP contribution in [0.3, 0.4) is 0 Å². The van der Waals surface area contributed by atoms with Crippen molar-refractivity contribution >= 4 is 29.1 Å². The average molecular weight is 306 g/mol. The minimum atomic E-state index is -0.615. The van der Waals surface area contributed by atoms with Crippen molar-refractivity contribution in [3.05, 3.63) is 80.6 Å². The maximum Gasteiger partial charge on any atom is 0.276 e. The van der Waals surface area contributed by atoms with Crippen molar-refractivity contribution in [1.29, 1.82) is 0 Å². The molecule has 6 heteroatoms. The normalized spacial score (nSPS) is 10.8. The molecule has 0 heterocycles. The van der Waals surface area contributed by atoms with E-state index in [1.165, 1.54) is 42.5 Å². The van der Waals surface area contributed by atoms with Gasteiger partial charge in [-0.15, -0.1) is 0 Å². The van der Waals surface area contributed by atoms with Crippen LogP contribution in [0.5, 0.6) is 0 Å². The predicted molar refractivity (Wildman–Crippen MR) is 77.9 cm³/mol. The zero-order valence-corrected chi connectivity index (χ0v) is 11.4. The van der Waals surface area contributed by atoms with Crippen LogP contribution in [0.4, 0.5) is 10.1 Å². The lowest BCUT2D eigenvalue weighted by atomic mass is 10.1. The molecule has 2 aromatic carbocycles. The van der Waals surface area contributed by atoms with E-state index in [1.54, 1.807) is 6.07 Å². The third kappa shape index (κ3) is 3.52. The first-order valence-electron chi connectivity index (χ1n) is 5.90. The van der Waals surface area contributed by atoms with Crippen LogP contribution in [0.1, 0.15) is 15.9 Å². The van der Waals surface area contributed by atoms with Gasteiger partial charge in [-0.3, -0.25) is 14.9 Å². The molecule has 0 unspecified atom stereocenters. The van der Waals surface area contributed by atoms with Gasteiger partial charge in [0.2, 0.25) is 0 Å². The van der Waals surface area contributed by atoms with Crippen LogP contribution in [0, 0.1) is 15.9 Å². The Hall–Kier alpha value is -2.53. The largest absolute Gasteiger partial charge is 0.289 e. The number of carbonyl (C=O) groups excluding carboxylic acids is 1. The van der Waals surface area contributed by atoms with Crippen molar-refractivity contribution in [2.24, 2.45) is 0 Å². The van der Waals surface area contributed by atoms with E-state index in [2.05, 4.69) is 0 Å². The highest BCUT2D eigenvalue weighted by Crippen LogP contribution is 2.20. The zero-order chi connectivity index (χ0) is 15.4. The molecule has 2 aromatic rings. The molecular weight excluding hydrogens is 297 g/mol. The Morgan fingerprint density at radius 3 is 2.62 bits per heavy atom. The second-order valence-electron chi connectivity index (χ2n) is 4.14. The minimum Gasteiger partial charge on any atom is -0.289 e. The molecule has 0 aliphatic rings. The molecule has 0 atom stereocenters. The first-order chi connectivity index (χ1) is 9.99. The van der Waals surface area contributed by atoms with Crippen molar-refractivity contribution in [2.45, 2.75) is 0 Å². The first-order valence-corrected chi connectivity index (χ1v) is 6.27. The van der Waals surface area contributed by atoms with Crippen LogP contribution in [0.2, 0.25) is 5.02 Å². The predicted octanol–water partition coefficient (Wildman–Crippen LogP) is 4.28. The zero-order valence-electron chi connectivity index (χ0n) is 10.6. The highest BCUT2D eigenvalue weighted by atomic mass is 35.5. The Morgan fingerprint density at radius 2 is 1.95 bits per heavy atom. The summed E-state index contributed by atoms with van der Waals surface area (Å²) in [6.07, 6.45) is 2.53. The van der Waals surface area contributed by atoms with Crippen LogP contribution in [-0.2, 0) is 0 Å². The second-order valence-corrected chi connectivity index (χ2v) is 4.55. The van der Waals surface area contributed by atoms with Crippen molar-refractivity contribution < 1.29 is 14.1 Å². The summed E-state index contributed by atoms with van der Waals surface area (Å²) in [5, 5.41) is 10.7. The summed E-state index contributed by atoms with van der Waals surface area (Å²) in [5.74, 6) is -1.04. The van der Waals surface area contributed by atoms with Crippen molar-refractivity contribution in [1.82, 2.24) is 0 Å². The molecule has 0 fully saturated rings. The van der Waals surface area contributed by atoms with E-state index in [9.17, 15) is 19.3 Å². The van der Waals surface area contributed by atoms with Gasteiger partial charge in [-0.1, -0.05) is 23.7 Å². The number of halogens is 2. The number of ketones is 1. The summed E-state index contributed by atoms with van der Waals surface area (Å²) >= 11 is 5.60. The van der Waals surface area contributed by atoms with Gasteiger partial charge in [-0.05, 0) is 36.4 Å². The monoisotopic (exact) mass is 305 g/mol. The molecule has 0 radical (unpaired) electrons. The van der Waals surface area contributed by atoms with Crippen LogP contribution in [-0.4, -0.2) is 10.7 Å². The number of nitro groups is 1. The van der Waals surface area contributed by atoms with Gasteiger partial charge in [0, 0.05) is 11.6 Å². The Labute approximate surface area is 124 Å². The molecule has 0 spiro atoms. The molecule has 0 bridgehead atoms. The summed E-state index contributed by atoms with van der Waals surface area (Å²) in [5.41, 5.74) is 0.416. The standard InChI is InChI=1S/C15H9ClFNO3/c16-12-9-11(5-7-13(12)17)15(19)8-6-10-3-1-2-4-14(10)18(20)21/h1-9H/b8-6+. The Bertz CT molecular complexity index is 743. The fraction of sp³-hybridized carbons (Fsp3) is 0. The molecule has 0 aliphatic heterocycles. The molecule has 2 rings (SSSR count). The highest BCUT2D eigenvalue weighted by Gasteiger charge is 2.11. The summed E-state index contributed by atoms with van der Waals surface area (Å²) in [7, 11) is 0. The Morgan fingerprint density at radius 1 is 1.24 bits per heavy atom. The van der Waals surface area contributed by atoms with Crippen LogP contribution >= 0.6 is 11.6 Å². The van der Waals surface area contributed by atoms with E-state index in [-0.39, 0.29) is 16.3 Å². The molecular formula is C15H9ClFNO3. The number of rotatable bonds is 4. The number of hydrogen-bond donors (Lipinski definition) is 0. The molecule has 0 aromatic heterocycles. The van der Waals surface area contributed by atoms with Gasteiger partial charge in [0.05, 0.1) is 15.5 Å². The van der Waals surface area contributed by atoms with E-state index in [0.717, 1.165) is 6.07 Å². The average Bonchev–Trinajstić information content (AvgIpc) is 2.47. The summed E-state index contributed by atoms with van der Waals surface area (Å²) in [4.78, 5) is 22.2. The maximum atomic E-state index is 13.0. The SMILES string of the molecule is O=C(/C=C/c1ccccc1[N+](=O)[O-])c1ccc(F)c(Cl)c1. The van der Waals surface area contributed by atoms with Gasteiger partial charge in [0.25, 0.3) is 5.69 Å². The number of nitrogens with zero attached hydrogens (tertiary/aromatic N) is 1. The fourth-order valence-corrected chi connectivity index (χ4v) is 1.89. The van der Waals surface area contributed by atoms with Crippen LogP contribution in [0.25, 0.3) is 6.08 Å². The van der Waals surface area contributed by atoms with Gasteiger partial charge in [0.1, 0.15) is 5.82 Å². The molecule has 4 nitrogen and oxygen atoms in total. The van der Waals surface area contributed by atoms with E-state index >= 15 is 0 Å². The van der Waals surface area contributed by atoms with Crippen molar-refractivity contribution in [3.63, 3.8) is 0 Å². The summed E-state index contributed by atoms with van der Waals surface area (Å²) in [6.45, 7) is 0. The quantitative estimate of drug-likeness (QED) is 0.366. The minimum absolute atomic E-state index is 0.0984.